The summed E-state index contributed by atoms with van der Waals surface area (Å²) in [6.45, 7) is 1.98. The lowest BCUT2D eigenvalue weighted by atomic mass is 10.2. The van der Waals surface area contributed by atoms with Crippen LogP contribution in [0, 0.1) is 6.92 Å². The number of halogens is 2. The molecule has 2 rings (SSSR count). The molecule has 3 nitrogen and oxygen atoms in total. The maximum Gasteiger partial charge on any atom is 0.238 e. The average molecular weight is 314 g/mol. The Balaban J connectivity index is 2.28. The van der Waals surface area contributed by atoms with Crippen molar-refractivity contribution in [2.75, 3.05) is 5.73 Å². The second kappa shape index (κ2) is 4.94. The van der Waals surface area contributed by atoms with Crippen LogP contribution in [0.25, 0.3) is 0 Å². The zero-order valence-electron chi connectivity index (χ0n) is 9.08. The van der Waals surface area contributed by atoms with Gasteiger partial charge in [-0.1, -0.05) is 27.5 Å². The van der Waals surface area contributed by atoms with Crippen molar-refractivity contribution in [2.45, 2.75) is 6.92 Å². The Morgan fingerprint density at radius 3 is 2.76 bits per heavy atom. The molecule has 88 valence electrons. The van der Waals surface area contributed by atoms with Gasteiger partial charge in [0.25, 0.3) is 0 Å². The third-order valence-corrected chi connectivity index (χ3v) is 3.33. The van der Waals surface area contributed by atoms with E-state index >= 15 is 0 Å². The van der Waals surface area contributed by atoms with Crippen molar-refractivity contribution in [2.24, 2.45) is 0 Å². The number of nitrogens with zero attached hydrogens (tertiary/aromatic N) is 1. The van der Waals surface area contributed by atoms with Crippen LogP contribution in [0.2, 0.25) is 5.02 Å². The standard InChI is InChI=1S/C12H10BrClN2O/c1-7-4-9(2-3-10(7)13)17-12-11(14)5-8(15)6-16-12/h2-6H,15H2,1H3. The van der Waals surface area contributed by atoms with Gasteiger partial charge >= 0.3 is 0 Å². The van der Waals surface area contributed by atoms with Crippen LogP contribution >= 0.6 is 27.5 Å². The fourth-order valence-corrected chi connectivity index (χ4v) is 1.77. The van der Waals surface area contributed by atoms with E-state index in [-0.39, 0.29) is 0 Å². The van der Waals surface area contributed by atoms with E-state index in [1.54, 1.807) is 6.07 Å². The summed E-state index contributed by atoms with van der Waals surface area (Å²) in [5.74, 6) is 1.03. The lowest BCUT2D eigenvalue weighted by Crippen LogP contribution is -1.92. The Labute approximate surface area is 113 Å². The number of hydrogen-bond acceptors (Lipinski definition) is 3. The maximum absolute atomic E-state index is 5.97. The zero-order chi connectivity index (χ0) is 12.4. The summed E-state index contributed by atoms with van der Waals surface area (Å²) in [6.07, 6.45) is 1.51. The second-order valence-electron chi connectivity index (χ2n) is 3.57. The van der Waals surface area contributed by atoms with Gasteiger partial charge in [-0.3, -0.25) is 0 Å². The van der Waals surface area contributed by atoms with E-state index in [0.29, 0.717) is 22.3 Å². The van der Waals surface area contributed by atoms with Gasteiger partial charge in [-0.05, 0) is 36.8 Å². The Kier molecular flexibility index (Phi) is 3.54. The van der Waals surface area contributed by atoms with Crippen LogP contribution in [0.3, 0.4) is 0 Å². The van der Waals surface area contributed by atoms with E-state index in [2.05, 4.69) is 20.9 Å². The van der Waals surface area contributed by atoms with Crippen LogP contribution in [-0.4, -0.2) is 4.98 Å². The number of pyridine rings is 1. The molecule has 1 aromatic carbocycles. The molecular weight excluding hydrogens is 304 g/mol. The van der Waals surface area contributed by atoms with Crippen molar-refractivity contribution in [3.8, 4) is 11.6 Å². The Morgan fingerprint density at radius 1 is 1.35 bits per heavy atom. The SMILES string of the molecule is Cc1cc(Oc2ncc(N)cc2Cl)ccc1Br. The predicted octanol–water partition coefficient (Wildman–Crippen LogP) is 4.18. The molecule has 1 heterocycles. The summed E-state index contributed by atoms with van der Waals surface area (Å²) in [5.41, 5.74) is 7.14. The first-order chi connectivity index (χ1) is 8.06. The fraction of sp³-hybridized carbons (Fsp3) is 0.0833. The number of nitrogen functional groups attached to an aromatic ring is 1. The molecule has 17 heavy (non-hydrogen) atoms. The van der Waals surface area contributed by atoms with Crippen molar-refractivity contribution in [3.63, 3.8) is 0 Å². The van der Waals surface area contributed by atoms with Gasteiger partial charge in [-0.25, -0.2) is 4.98 Å². The van der Waals surface area contributed by atoms with E-state index in [1.807, 2.05) is 25.1 Å². The van der Waals surface area contributed by atoms with Crippen LogP contribution < -0.4 is 10.5 Å². The maximum atomic E-state index is 5.97. The van der Waals surface area contributed by atoms with E-state index in [9.17, 15) is 0 Å². The van der Waals surface area contributed by atoms with Crippen molar-refractivity contribution in [3.05, 3.63) is 45.5 Å². The monoisotopic (exact) mass is 312 g/mol. The second-order valence-corrected chi connectivity index (χ2v) is 4.83. The van der Waals surface area contributed by atoms with Crippen LogP contribution in [-0.2, 0) is 0 Å². The minimum atomic E-state index is 0.350. The number of hydrogen-bond donors (Lipinski definition) is 1. The first-order valence-corrected chi connectivity index (χ1v) is 6.08. The molecule has 2 N–H and O–H groups in total. The molecule has 0 saturated heterocycles. The lowest BCUT2D eigenvalue weighted by Gasteiger charge is -2.08. The fourth-order valence-electron chi connectivity index (χ4n) is 1.31. The van der Waals surface area contributed by atoms with Crippen LogP contribution in [0.1, 0.15) is 5.56 Å². The number of anilines is 1. The molecule has 0 saturated carbocycles. The average Bonchev–Trinajstić information content (AvgIpc) is 2.27. The molecule has 0 fully saturated rings. The number of benzene rings is 1. The van der Waals surface area contributed by atoms with Crippen molar-refractivity contribution in [1.29, 1.82) is 0 Å². The van der Waals surface area contributed by atoms with E-state index in [0.717, 1.165) is 10.0 Å². The molecule has 0 aliphatic carbocycles. The smallest absolute Gasteiger partial charge is 0.238 e. The zero-order valence-corrected chi connectivity index (χ0v) is 11.4. The molecule has 2 aromatic rings. The van der Waals surface area contributed by atoms with Crippen LogP contribution in [0.5, 0.6) is 11.6 Å². The first-order valence-electron chi connectivity index (χ1n) is 4.91. The summed E-state index contributed by atoms with van der Waals surface area (Å²) >= 11 is 9.40. The van der Waals surface area contributed by atoms with Crippen molar-refractivity contribution in [1.82, 2.24) is 4.98 Å². The molecule has 1 aromatic heterocycles. The van der Waals surface area contributed by atoms with Gasteiger partial charge < -0.3 is 10.5 Å². The lowest BCUT2D eigenvalue weighted by molar-refractivity contribution is 0.463. The molecule has 5 heteroatoms. The van der Waals surface area contributed by atoms with Gasteiger partial charge in [0.2, 0.25) is 5.88 Å². The first kappa shape index (κ1) is 12.2. The minimum Gasteiger partial charge on any atom is -0.438 e. The third kappa shape index (κ3) is 2.90. The van der Waals surface area contributed by atoms with Crippen molar-refractivity contribution >= 4 is 33.2 Å². The number of aryl methyl sites for hydroxylation is 1. The molecule has 0 atom stereocenters. The predicted molar refractivity (Wildman–Crippen MR) is 72.6 cm³/mol. The summed E-state index contributed by atoms with van der Waals surface area (Å²) in [4.78, 5) is 4.03. The third-order valence-electron chi connectivity index (χ3n) is 2.17. The van der Waals surface area contributed by atoms with Gasteiger partial charge in [-0.15, -0.1) is 0 Å². The van der Waals surface area contributed by atoms with Gasteiger partial charge in [-0.2, -0.15) is 0 Å². The van der Waals surface area contributed by atoms with E-state index in [4.69, 9.17) is 22.1 Å². The topological polar surface area (TPSA) is 48.1 Å². The highest BCUT2D eigenvalue weighted by Crippen LogP contribution is 2.30. The number of nitrogens with two attached hydrogens (primary N) is 1. The van der Waals surface area contributed by atoms with Gasteiger partial charge in [0, 0.05) is 4.47 Å². The summed E-state index contributed by atoms with van der Waals surface area (Å²) in [5, 5.41) is 0.394. The number of ether oxygens (including phenoxy) is 1. The minimum absolute atomic E-state index is 0.350. The molecule has 0 aliphatic rings. The molecule has 0 unspecified atom stereocenters. The molecular formula is C12H10BrClN2O. The normalized spacial score (nSPS) is 10.3. The highest BCUT2D eigenvalue weighted by atomic mass is 79.9. The van der Waals surface area contributed by atoms with Crippen molar-refractivity contribution < 1.29 is 4.74 Å². The molecule has 0 aliphatic heterocycles. The number of aromatic nitrogens is 1. The number of rotatable bonds is 2. The van der Waals surface area contributed by atoms with E-state index in [1.165, 1.54) is 6.20 Å². The van der Waals surface area contributed by atoms with Gasteiger partial charge in [0.05, 0.1) is 11.9 Å². The van der Waals surface area contributed by atoms with E-state index < -0.39 is 0 Å². The Hall–Kier alpha value is -1.26. The molecule has 0 amide bonds. The summed E-state index contributed by atoms with van der Waals surface area (Å²) in [7, 11) is 0. The van der Waals surface area contributed by atoms with Crippen LogP contribution in [0.4, 0.5) is 5.69 Å². The molecule has 0 bridgehead atoms. The van der Waals surface area contributed by atoms with Crippen LogP contribution in [0.15, 0.2) is 34.9 Å². The van der Waals surface area contributed by atoms with Gasteiger partial charge in [0.15, 0.2) is 0 Å². The van der Waals surface area contributed by atoms with Gasteiger partial charge in [0.1, 0.15) is 10.8 Å². The molecule has 0 spiro atoms. The highest BCUT2D eigenvalue weighted by Gasteiger charge is 2.06. The summed E-state index contributed by atoms with van der Waals surface area (Å²) < 4.78 is 6.61. The highest BCUT2D eigenvalue weighted by molar-refractivity contribution is 9.10. The summed E-state index contributed by atoms with van der Waals surface area (Å²) in [6, 6.07) is 7.26. The Morgan fingerprint density at radius 2 is 2.12 bits per heavy atom. The Bertz CT molecular complexity index is 560. The molecule has 0 radical (unpaired) electrons. The quantitative estimate of drug-likeness (QED) is 0.904. The largest absolute Gasteiger partial charge is 0.438 e.